The Balaban J connectivity index is 1.76. The van der Waals surface area contributed by atoms with E-state index in [0.29, 0.717) is 11.5 Å². The number of rotatable bonds is 11. The van der Waals surface area contributed by atoms with Crippen LogP contribution in [0.4, 0.5) is 0 Å². The molecule has 0 aliphatic rings. The number of nitrogens with zero attached hydrogens (tertiary/aromatic N) is 4. The third-order valence-electron chi connectivity index (χ3n) is 4.74. The molecule has 0 unspecified atom stereocenters. The molecule has 0 saturated heterocycles. The minimum atomic E-state index is -0.0684. The van der Waals surface area contributed by atoms with E-state index in [4.69, 9.17) is 0 Å². The fourth-order valence-corrected chi connectivity index (χ4v) is 3.74. The molecule has 9 heteroatoms. The van der Waals surface area contributed by atoms with Crippen molar-refractivity contribution in [2.24, 2.45) is 10.9 Å². The number of aryl methyl sites for hydroxylation is 1. The normalized spacial score (nSPS) is 11.6. The Morgan fingerprint density at radius 2 is 1.97 bits per heavy atom. The Kier molecular flexibility index (Phi) is 10.4. The summed E-state index contributed by atoms with van der Waals surface area (Å²) < 4.78 is 2.23. The van der Waals surface area contributed by atoms with Gasteiger partial charge in [0.2, 0.25) is 0 Å². The second kappa shape index (κ2) is 13.0. The monoisotopic (exact) mass is 445 g/mol. The van der Waals surface area contributed by atoms with Crippen LogP contribution in [-0.2, 0) is 19.4 Å². The molecule has 1 aromatic carbocycles. The van der Waals surface area contributed by atoms with Crippen LogP contribution >= 0.6 is 11.8 Å². The first-order valence-electron chi connectivity index (χ1n) is 10.7. The van der Waals surface area contributed by atoms with Crippen LogP contribution in [0.3, 0.4) is 0 Å². The lowest BCUT2D eigenvalue weighted by Crippen LogP contribution is -2.38. The Hall–Kier alpha value is -2.55. The Bertz CT molecular complexity index is 863. The number of aromatic nitrogens is 3. The van der Waals surface area contributed by atoms with Gasteiger partial charge in [-0.05, 0) is 42.7 Å². The van der Waals surface area contributed by atoms with Gasteiger partial charge in [-0.2, -0.15) is 0 Å². The van der Waals surface area contributed by atoms with Gasteiger partial charge < -0.3 is 20.5 Å². The van der Waals surface area contributed by atoms with Crippen molar-refractivity contribution in [2.75, 3.05) is 33.4 Å². The smallest absolute Gasteiger partial charge is 0.251 e. The molecule has 0 spiro atoms. The van der Waals surface area contributed by atoms with Gasteiger partial charge in [-0.1, -0.05) is 37.7 Å². The van der Waals surface area contributed by atoms with Crippen molar-refractivity contribution < 1.29 is 4.79 Å². The molecule has 0 radical (unpaired) electrons. The lowest BCUT2D eigenvalue weighted by atomic mass is 10.1. The fraction of sp³-hybridized carbons (Fsp3) is 0.545. The number of amides is 1. The predicted octanol–water partition coefficient (Wildman–Crippen LogP) is 2.36. The number of carbonyl (C=O) groups excluding carboxylic acids is 1. The van der Waals surface area contributed by atoms with E-state index in [1.165, 1.54) is 0 Å². The highest BCUT2D eigenvalue weighted by atomic mass is 32.2. The molecule has 2 aromatic rings. The zero-order valence-electron chi connectivity index (χ0n) is 19.2. The second-order valence-corrected chi connectivity index (χ2v) is 8.44. The molecular weight excluding hydrogens is 410 g/mol. The van der Waals surface area contributed by atoms with Crippen molar-refractivity contribution >= 4 is 23.6 Å². The summed E-state index contributed by atoms with van der Waals surface area (Å²) in [5, 5.41) is 19.0. The van der Waals surface area contributed by atoms with E-state index in [-0.39, 0.29) is 5.91 Å². The molecule has 170 valence electrons. The van der Waals surface area contributed by atoms with Crippen molar-refractivity contribution in [3.05, 3.63) is 41.2 Å². The average molecular weight is 446 g/mol. The average Bonchev–Trinajstić information content (AvgIpc) is 3.15. The molecule has 0 aliphatic heterocycles. The summed E-state index contributed by atoms with van der Waals surface area (Å²) in [5.41, 5.74) is 1.79. The van der Waals surface area contributed by atoms with Crippen LogP contribution in [-0.4, -0.2) is 60.1 Å². The van der Waals surface area contributed by atoms with Gasteiger partial charge in [0.25, 0.3) is 5.91 Å². The van der Waals surface area contributed by atoms with Gasteiger partial charge in [0.1, 0.15) is 5.82 Å². The summed E-state index contributed by atoms with van der Waals surface area (Å²) in [7, 11) is 3.41. The zero-order chi connectivity index (χ0) is 22.6. The minimum absolute atomic E-state index is 0.0684. The topological polar surface area (TPSA) is 96.2 Å². The maximum absolute atomic E-state index is 11.8. The van der Waals surface area contributed by atoms with Gasteiger partial charge in [0, 0.05) is 45.7 Å². The number of nitrogens with one attached hydrogen (secondary N) is 3. The Morgan fingerprint density at radius 3 is 2.65 bits per heavy atom. The van der Waals surface area contributed by atoms with E-state index < -0.39 is 0 Å². The van der Waals surface area contributed by atoms with Crippen LogP contribution in [0.1, 0.15) is 42.0 Å². The highest BCUT2D eigenvalue weighted by Gasteiger charge is 2.12. The zero-order valence-corrected chi connectivity index (χ0v) is 20.1. The summed E-state index contributed by atoms with van der Waals surface area (Å²) in [6.45, 7) is 6.89. The van der Waals surface area contributed by atoms with Gasteiger partial charge in [0.05, 0.1) is 0 Å². The summed E-state index contributed by atoms with van der Waals surface area (Å²) in [6.07, 6.45) is 4.66. The van der Waals surface area contributed by atoms with E-state index >= 15 is 0 Å². The van der Waals surface area contributed by atoms with Gasteiger partial charge in [-0.25, -0.2) is 0 Å². The Morgan fingerprint density at radius 1 is 1.19 bits per heavy atom. The first-order chi connectivity index (χ1) is 15.0. The summed E-state index contributed by atoms with van der Waals surface area (Å²) in [4.78, 5) is 16.1. The molecule has 1 heterocycles. The van der Waals surface area contributed by atoms with Crippen LogP contribution in [0.15, 0.2) is 34.4 Å². The number of hydrogen-bond acceptors (Lipinski definition) is 5. The molecular formula is C22H35N7OS. The Labute approximate surface area is 189 Å². The second-order valence-electron chi connectivity index (χ2n) is 7.67. The lowest BCUT2D eigenvalue weighted by molar-refractivity contribution is 0.0963. The highest BCUT2D eigenvalue weighted by molar-refractivity contribution is 7.98. The number of thioether (sulfide) groups is 1. The first kappa shape index (κ1) is 24.7. The molecule has 8 nitrogen and oxygen atoms in total. The van der Waals surface area contributed by atoms with Crippen molar-refractivity contribution in [3.63, 3.8) is 0 Å². The summed E-state index contributed by atoms with van der Waals surface area (Å²) in [5.74, 6) is 2.30. The van der Waals surface area contributed by atoms with Gasteiger partial charge in [-0.3, -0.25) is 9.79 Å². The van der Waals surface area contributed by atoms with Crippen molar-refractivity contribution in [1.29, 1.82) is 0 Å². The number of hydrogen-bond donors (Lipinski definition) is 3. The first-order valence-corrected chi connectivity index (χ1v) is 11.9. The minimum Gasteiger partial charge on any atom is -0.356 e. The fourth-order valence-electron chi connectivity index (χ4n) is 3.22. The van der Waals surface area contributed by atoms with Crippen LogP contribution in [0, 0.1) is 5.92 Å². The molecule has 0 bridgehead atoms. The number of carbonyl (C=O) groups is 1. The van der Waals surface area contributed by atoms with Crippen LogP contribution in [0.25, 0.3) is 0 Å². The largest absolute Gasteiger partial charge is 0.356 e. The van der Waals surface area contributed by atoms with Crippen LogP contribution in [0.2, 0.25) is 0 Å². The van der Waals surface area contributed by atoms with Crippen molar-refractivity contribution in [1.82, 2.24) is 30.7 Å². The van der Waals surface area contributed by atoms with E-state index in [1.54, 1.807) is 25.9 Å². The standard InChI is InChI=1S/C22H35N7OS/c1-16(2)15-29-19(27-28-22(29)31-5)10-7-12-25-21(24-4)26-13-11-17-8-6-9-18(14-17)20(30)23-3/h6,8-9,14,16H,7,10-13,15H2,1-5H3,(H,23,30)(H2,24,25,26). The van der Waals surface area contributed by atoms with Gasteiger partial charge >= 0.3 is 0 Å². The van der Waals surface area contributed by atoms with E-state index in [1.807, 2.05) is 30.5 Å². The number of aliphatic imine (C=N–C) groups is 1. The predicted molar refractivity (Wildman–Crippen MR) is 128 cm³/mol. The van der Waals surface area contributed by atoms with Crippen LogP contribution < -0.4 is 16.0 Å². The SMILES string of the molecule is CN=C(NCCCc1nnc(SC)n1CC(C)C)NCCc1cccc(C(=O)NC)c1. The highest BCUT2D eigenvalue weighted by Crippen LogP contribution is 2.16. The molecule has 1 amide bonds. The maximum atomic E-state index is 11.8. The molecule has 0 saturated carbocycles. The molecule has 1 aromatic heterocycles. The molecule has 31 heavy (non-hydrogen) atoms. The third-order valence-corrected chi connectivity index (χ3v) is 5.41. The van der Waals surface area contributed by atoms with E-state index in [9.17, 15) is 4.79 Å². The van der Waals surface area contributed by atoms with E-state index in [2.05, 4.69) is 49.6 Å². The maximum Gasteiger partial charge on any atom is 0.251 e. The number of guanidine groups is 1. The quantitative estimate of drug-likeness (QED) is 0.213. The molecule has 2 rings (SSSR count). The summed E-state index contributed by atoms with van der Waals surface area (Å²) >= 11 is 1.64. The van der Waals surface area contributed by atoms with Crippen LogP contribution in [0.5, 0.6) is 0 Å². The lowest BCUT2D eigenvalue weighted by Gasteiger charge is -2.13. The van der Waals surface area contributed by atoms with E-state index in [0.717, 1.165) is 61.4 Å². The molecule has 0 aliphatic carbocycles. The molecule has 3 N–H and O–H groups in total. The summed E-state index contributed by atoms with van der Waals surface area (Å²) in [6, 6.07) is 7.68. The van der Waals surface area contributed by atoms with Gasteiger partial charge in [0.15, 0.2) is 11.1 Å². The van der Waals surface area contributed by atoms with Gasteiger partial charge in [-0.15, -0.1) is 10.2 Å². The van der Waals surface area contributed by atoms with Crippen molar-refractivity contribution in [3.8, 4) is 0 Å². The number of benzene rings is 1. The molecule has 0 fully saturated rings. The third kappa shape index (κ3) is 7.90. The molecule has 0 atom stereocenters. The van der Waals surface area contributed by atoms with Crippen molar-refractivity contribution in [2.45, 2.75) is 44.8 Å².